The molecule has 1 atom stereocenters. The van der Waals surface area contributed by atoms with Crippen LogP contribution < -0.4 is 10.2 Å². The number of carbonyl (C=O) groups is 2. The Balaban J connectivity index is 1.71. The first-order valence-corrected chi connectivity index (χ1v) is 7.88. The van der Waals surface area contributed by atoms with Crippen molar-refractivity contribution in [1.29, 1.82) is 0 Å². The Morgan fingerprint density at radius 1 is 1.32 bits per heavy atom. The number of hydrogen-bond donors (Lipinski definition) is 2. The van der Waals surface area contributed by atoms with Gasteiger partial charge in [0.15, 0.2) is 0 Å². The number of carbonyl (C=O) groups excluding carboxylic acids is 1. The minimum atomic E-state index is -0.980. The molecule has 5 nitrogen and oxygen atoms in total. The molecule has 0 aliphatic carbocycles. The molecule has 2 N–H and O–H groups in total. The number of anilines is 1. The van der Waals surface area contributed by atoms with E-state index in [0.717, 1.165) is 5.56 Å². The highest BCUT2D eigenvalue weighted by molar-refractivity contribution is 7.17. The van der Waals surface area contributed by atoms with Gasteiger partial charge in [0.25, 0.3) is 5.91 Å². The van der Waals surface area contributed by atoms with Crippen LogP contribution >= 0.6 is 22.9 Å². The van der Waals surface area contributed by atoms with Crippen LogP contribution in [0.2, 0.25) is 4.34 Å². The second-order valence-corrected chi connectivity index (χ2v) is 6.68. The van der Waals surface area contributed by atoms with Crippen molar-refractivity contribution in [2.75, 3.05) is 18.0 Å². The highest BCUT2D eigenvalue weighted by Crippen LogP contribution is 2.35. The van der Waals surface area contributed by atoms with Crippen molar-refractivity contribution in [2.24, 2.45) is 0 Å². The van der Waals surface area contributed by atoms with E-state index in [1.54, 1.807) is 18.2 Å². The van der Waals surface area contributed by atoms with Gasteiger partial charge in [-0.25, -0.2) is 4.79 Å². The van der Waals surface area contributed by atoms with Crippen LogP contribution in [0.3, 0.4) is 0 Å². The molecule has 114 valence electrons. The third-order valence-electron chi connectivity index (χ3n) is 3.61. The molecule has 1 aliphatic rings. The number of halogens is 1. The molecule has 7 heteroatoms. The van der Waals surface area contributed by atoms with E-state index in [-0.39, 0.29) is 11.8 Å². The standard InChI is InChI=1S/C15H13ClN2O3S/c16-13-6-5-12(22-13)14(19)17-7-9-8-18(15(20)21)11-4-2-1-3-10(9)11/h1-6,9H,7-8H2,(H,17,19)(H,20,21)/t9-/m0/s1. The monoisotopic (exact) mass is 336 g/mol. The maximum absolute atomic E-state index is 12.1. The molecule has 1 aromatic heterocycles. The van der Waals surface area contributed by atoms with Crippen LogP contribution in [0.15, 0.2) is 36.4 Å². The summed E-state index contributed by atoms with van der Waals surface area (Å²) in [6.07, 6.45) is -0.980. The van der Waals surface area contributed by atoms with Crippen LogP contribution in [-0.2, 0) is 0 Å². The summed E-state index contributed by atoms with van der Waals surface area (Å²) in [5, 5.41) is 12.1. The number of benzene rings is 1. The molecule has 1 aromatic carbocycles. The van der Waals surface area contributed by atoms with Gasteiger partial charge in [-0.1, -0.05) is 29.8 Å². The highest BCUT2D eigenvalue weighted by Gasteiger charge is 2.32. The second kappa shape index (κ2) is 5.98. The van der Waals surface area contributed by atoms with E-state index >= 15 is 0 Å². The zero-order chi connectivity index (χ0) is 15.7. The quantitative estimate of drug-likeness (QED) is 0.902. The fourth-order valence-corrected chi connectivity index (χ4v) is 3.55. The molecule has 0 saturated carbocycles. The van der Waals surface area contributed by atoms with Crippen molar-refractivity contribution in [3.8, 4) is 0 Å². The van der Waals surface area contributed by atoms with Crippen LogP contribution in [0.5, 0.6) is 0 Å². The molecule has 0 unspecified atom stereocenters. The summed E-state index contributed by atoms with van der Waals surface area (Å²) >= 11 is 7.04. The van der Waals surface area contributed by atoms with E-state index in [2.05, 4.69) is 5.32 Å². The number of carboxylic acid groups (broad SMARTS) is 1. The maximum Gasteiger partial charge on any atom is 0.411 e. The van der Waals surface area contributed by atoms with Crippen molar-refractivity contribution in [3.05, 3.63) is 51.2 Å². The Bertz CT molecular complexity index is 731. The number of thiophene rings is 1. The summed E-state index contributed by atoms with van der Waals surface area (Å²) in [5.74, 6) is -0.241. The van der Waals surface area contributed by atoms with E-state index < -0.39 is 6.09 Å². The van der Waals surface area contributed by atoms with Gasteiger partial charge in [0, 0.05) is 19.0 Å². The van der Waals surface area contributed by atoms with Gasteiger partial charge in [-0.2, -0.15) is 0 Å². The lowest BCUT2D eigenvalue weighted by atomic mass is 10.0. The molecule has 0 fully saturated rings. The number of para-hydroxylation sites is 1. The van der Waals surface area contributed by atoms with Crippen LogP contribution in [0.4, 0.5) is 10.5 Å². The Labute approximate surface area is 136 Å². The summed E-state index contributed by atoms with van der Waals surface area (Å²) in [7, 11) is 0. The summed E-state index contributed by atoms with van der Waals surface area (Å²) in [5.41, 5.74) is 1.63. The van der Waals surface area contributed by atoms with Crippen molar-refractivity contribution in [1.82, 2.24) is 5.32 Å². The van der Waals surface area contributed by atoms with E-state index in [1.165, 1.54) is 16.2 Å². The van der Waals surface area contributed by atoms with Gasteiger partial charge in [-0.15, -0.1) is 11.3 Å². The Morgan fingerprint density at radius 2 is 2.09 bits per heavy atom. The third-order valence-corrected chi connectivity index (χ3v) is 4.84. The number of amides is 2. The number of nitrogens with one attached hydrogen (secondary N) is 1. The molecule has 3 rings (SSSR count). The molecular weight excluding hydrogens is 324 g/mol. The molecule has 0 saturated heterocycles. The fraction of sp³-hybridized carbons (Fsp3) is 0.200. The summed E-state index contributed by atoms with van der Waals surface area (Å²) in [6, 6.07) is 10.7. The van der Waals surface area contributed by atoms with Gasteiger partial charge < -0.3 is 10.4 Å². The minimum Gasteiger partial charge on any atom is -0.465 e. The second-order valence-electron chi connectivity index (χ2n) is 4.96. The summed E-state index contributed by atoms with van der Waals surface area (Å²) < 4.78 is 0.563. The SMILES string of the molecule is O=C(NC[C@H]1CN(C(=O)O)c2ccccc21)c1ccc(Cl)s1. The molecular formula is C15H13ClN2O3S. The van der Waals surface area contributed by atoms with E-state index in [0.29, 0.717) is 28.0 Å². The lowest BCUT2D eigenvalue weighted by Crippen LogP contribution is -2.32. The van der Waals surface area contributed by atoms with Gasteiger partial charge >= 0.3 is 6.09 Å². The van der Waals surface area contributed by atoms with Crippen LogP contribution in [0.1, 0.15) is 21.2 Å². The van der Waals surface area contributed by atoms with Gasteiger partial charge in [0.2, 0.25) is 0 Å². The van der Waals surface area contributed by atoms with E-state index in [9.17, 15) is 14.7 Å². The van der Waals surface area contributed by atoms with Gasteiger partial charge in [-0.05, 0) is 23.8 Å². The van der Waals surface area contributed by atoms with Crippen molar-refractivity contribution in [3.63, 3.8) is 0 Å². The van der Waals surface area contributed by atoms with Crippen LogP contribution in [-0.4, -0.2) is 30.2 Å². The van der Waals surface area contributed by atoms with Gasteiger partial charge in [0.1, 0.15) is 0 Å². The largest absolute Gasteiger partial charge is 0.465 e. The maximum atomic E-state index is 12.1. The first-order chi connectivity index (χ1) is 10.6. The highest BCUT2D eigenvalue weighted by atomic mass is 35.5. The smallest absolute Gasteiger partial charge is 0.411 e. The average Bonchev–Trinajstić information content (AvgIpc) is 3.09. The van der Waals surface area contributed by atoms with E-state index in [4.69, 9.17) is 11.6 Å². The van der Waals surface area contributed by atoms with Crippen LogP contribution in [0, 0.1) is 0 Å². The fourth-order valence-electron chi connectivity index (χ4n) is 2.59. The molecule has 2 amide bonds. The molecule has 0 bridgehead atoms. The Morgan fingerprint density at radius 3 is 2.77 bits per heavy atom. The molecule has 2 aromatic rings. The summed E-state index contributed by atoms with van der Waals surface area (Å²) in [4.78, 5) is 25.2. The lowest BCUT2D eigenvalue weighted by molar-refractivity contribution is 0.0955. The number of fused-ring (bicyclic) bond motifs is 1. The van der Waals surface area contributed by atoms with Crippen LogP contribution in [0.25, 0.3) is 0 Å². The predicted molar refractivity (Wildman–Crippen MR) is 86.2 cm³/mol. The average molecular weight is 337 g/mol. The van der Waals surface area contributed by atoms with Crippen molar-refractivity contribution in [2.45, 2.75) is 5.92 Å². The normalized spacial score (nSPS) is 16.4. The Hall–Kier alpha value is -2.05. The first-order valence-electron chi connectivity index (χ1n) is 6.69. The topological polar surface area (TPSA) is 69.6 Å². The van der Waals surface area contributed by atoms with Gasteiger partial charge in [-0.3, -0.25) is 9.69 Å². The van der Waals surface area contributed by atoms with Crippen molar-refractivity contribution < 1.29 is 14.7 Å². The molecule has 1 aliphatic heterocycles. The minimum absolute atomic E-state index is 0.0494. The first kappa shape index (κ1) is 14.9. The summed E-state index contributed by atoms with van der Waals surface area (Å²) in [6.45, 7) is 0.731. The molecule has 22 heavy (non-hydrogen) atoms. The number of rotatable bonds is 3. The molecule has 0 radical (unpaired) electrons. The molecule has 0 spiro atoms. The molecule has 2 heterocycles. The van der Waals surface area contributed by atoms with Gasteiger partial charge in [0.05, 0.1) is 14.9 Å². The predicted octanol–water partition coefficient (Wildman–Crippen LogP) is 3.41. The Kier molecular flexibility index (Phi) is 4.04. The third kappa shape index (κ3) is 2.80. The number of nitrogens with zero attached hydrogens (tertiary/aromatic N) is 1. The zero-order valence-corrected chi connectivity index (χ0v) is 13.0. The van der Waals surface area contributed by atoms with E-state index in [1.807, 2.05) is 18.2 Å². The lowest BCUT2D eigenvalue weighted by Gasteiger charge is -2.13. The van der Waals surface area contributed by atoms with Crippen molar-refractivity contribution >= 4 is 40.6 Å². The zero-order valence-electron chi connectivity index (χ0n) is 11.5. The number of hydrogen-bond acceptors (Lipinski definition) is 3.